The molecular formula is C23H25N3O4S. The van der Waals surface area contributed by atoms with Gasteiger partial charge in [-0.25, -0.2) is 0 Å². The molecule has 2 aromatic carbocycles. The van der Waals surface area contributed by atoms with E-state index in [4.69, 9.17) is 13.9 Å². The summed E-state index contributed by atoms with van der Waals surface area (Å²) in [6.45, 7) is 1.59. The molecule has 8 heteroatoms. The van der Waals surface area contributed by atoms with Crippen LogP contribution in [0.1, 0.15) is 30.1 Å². The summed E-state index contributed by atoms with van der Waals surface area (Å²) in [6, 6.07) is 15.1. The lowest BCUT2D eigenvalue weighted by atomic mass is 10.1. The minimum atomic E-state index is -0.438. The summed E-state index contributed by atoms with van der Waals surface area (Å²) in [4.78, 5) is 15.3. The van der Waals surface area contributed by atoms with E-state index in [9.17, 15) is 4.79 Å². The lowest BCUT2D eigenvalue weighted by Gasteiger charge is -2.29. The molecule has 0 N–H and O–H groups in total. The second-order valence-electron chi connectivity index (χ2n) is 7.27. The Morgan fingerprint density at radius 3 is 2.32 bits per heavy atom. The van der Waals surface area contributed by atoms with Crippen LogP contribution in [0.25, 0.3) is 11.5 Å². The summed E-state index contributed by atoms with van der Waals surface area (Å²) in [5, 5.41) is 8.28. The van der Waals surface area contributed by atoms with E-state index in [1.54, 1.807) is 32.4 Å². The maximum absolute atomic E-state index is 13.3. The van der Waals surface area contributed by atoms with Gasteiger partial charge in [0.05, 0.1) is 14.2 Å². The van der Waals surface area contributed by atoms with Crippen LogP contribution in [0.4, 0.5) is 0 Å². The fourth-order valence-corrected chi connectivity index (χ4v) is 4.53. The van der Waals surface area contributed by atoms with Gasteiger partial charge in [0.1, 0.15) is 16.7 Å². The van der Waals surface area contributed by atoms with Gasteiger partial charge in [-0.05, 0) is 48.7 Å². The van der Waals surface area contributed by atoms with E-state index < -0.39 is 5.25 Å². The van der Waals surface area contributed by atoms with Crippen LogP contribution in [0.15, 0.2) is 58.2 Å². The van der Waals surface area contributed by atoms with Gasteiger partial charge in [0.2, 0.25) is 11.8 Å². The first-order valence-corrected chi connectivity index (χ1v) is 11.1. The highest BCUT2D eigenvalue weighted by molar-refractivity contribution is 8.00. The third-order valence-electron chi connectivity index (χ3n) is 5.22. The van der Waals surface area contributed by atoms with E-state index in [1.807, 2.05) is 35.2 Å². The van der Waals surface area contributed by atoms with Gasteiger partial charge in [-0.2, -0.15) is 0 Å². The summed E-state index contributed by atoms with van der Waals surface area (Å²) in [7, 11) is 3.18. The second kappa shape index (κ2) is 9.87. The van der Waals surface area contributed by atoms with Crippen LogP contribution in [-0.2, 0) is 4.79 Å². The molecule has 3 aromatic rings. The summed E-state index contributed by atoms with van der Waals surface area (Å²) < 4.78 is 16.6. The molecule has 31 heavy (non-hydrogen) atoms. The molecule has 1 aromatic heterocycles. The average Bonchev–Trinajstić information content (AvgIpc) is 3.31. The Balaban J connectivity index is 1.60. The molecule has 1 saturated heterocycles. The lowest BCUT2D eigenvalue weighted by Crippen LogP contribution is -2.38. The van der Waals surface area contributed by atoms with E-state index in [0.717, 1.165) is 31.5 Å². The summed E-state index contributed by atoms with van der Waals surface area (Å²) in [5.74, 6) is 1.68. The molecule has 1 aliphatic rings. The van der Waals surface area contributed by atoms with Crippen molar-refractivity contribution >= 4 is 17.7 Å². The van der Waals surface area contributed by atoms with Crippen LogP contribution < -0.4 is 9.47 Å². The molecule has 1 fully saturated rings. The van der Waals surface area contributed by atoms with Crippen LogP contribution in [0, 0.1) is 0 Å². The monoisotopic (exact) mass is 439 g/mol. The van der Waals surface area contributed by atoms with Crippen LogP contribution in [0.3, 0.4) is 0 Å². The number of thioether (sulfide) groups is 1. The zero-order valence-corrected chi connectivity index (χ0v) is 18.4. The Bertz CT molecular complexity index is 996. The van der Waals surface area contributed by atoms with Crippen LogP contribution in [0.5, 0.6) is 11.5 Å². The van der Waals surface area contributed by atoms with E-state index in [0.29, 0.717) is 28.2 Å². The molecule has 7 nitrogen and oxygen atoms in total. The summed E-state index contributed by atoms with van der Waals surface area (Å²) in [5.41, 5.74) is 1.61. The standard InChI is InChI=1S/C23H25N3O4S/c1-28-18-13-17(14-19(15-18)29-2)21-24-25-23(30-21)31-20(16-9-5-3-6-10-16)22(27)26-11-7-4-8-12-26/h3,5-6,9-10,13-15,20H,4,7-8,11-12H2,1-2H3. The molecule has 0 spiro atoms. The van der Waals surface area contributed by atoms with Gasteiger partial charge >= 0.3 is 0 Å². The first-order chi connectivity index (χ1) is 15.2. The lowest BCUT2D eigenvalue weighted by molar-refractivity contribution is -0.131. The van der Waals surface area contributed by atoms with Crippen molar-refractivity contribution in [2.75, 3.05) is 27.3 Å². The number of benzene rings is 2. The Hall–Kier alpha value is -3.00. The molecule has 162 valence electrons. The third-order valence-corrected chi connectivity index (χ3v) is 6.29. The minimum Gasteiger partial charge on any atom is -0.497 e. The van der Waals surface area contributed by atoms with Crippen molar-refractivity contribution < 1.29 is 18.7 Å². The van der Waals surface area contributed by atoms with Gasteiger partial charge in [-0.15, -0.1) is 10.2 Å². The number of ether oxygens (including phenoxy) is 2. The molecule has 0 radical (unpaired) electrons. The van der Waals surface area contributed by atoms with Gasteiger partial charge in [-0.3, -0.25) is 4.79 Å². The number of methoxy groups -OCH3 is 2. The number of hydrogen-bond acceptors (Lipinski definition) is 7. The van der Waals surface area contributed by atoms with E-state index in [-0.39, 0.29) is 5.91 Å². The van der Waals surface area contributed by atoms with Crippen LogP contribution >= 0.6 is 11.8 Å². The zero-order chi connectivity index (χ0) is 21.6. The largest absolute Gasteiger partial charge is 0.497 e. The maximum Gasteiger partial charge on any atom is 0.277 e. The van der Waals surface area contributed by atoms with Crippen molar-refractivity contribution in [3.63, 3.8) is 0 Å². The molecule has 2 heterocycles. The molecule has 1 amide bonds. The maximum atomic E-state index is 13.3. The number of carbonyl (C=O) groups is 1. The molecule has 0 saturated carbocycles. The molecule has 1 unspecified atom stereocenters. The number of carbonyl (C=O) groups excluding carboxylic acids is 1. The fourth-order valence-electron chi connectivity index (χ4n) is 3.57. The smallest absolute Gasteiger partial charge is 0.277 e. The quantitative estimate of drug-likeness (QED) is 0.498. The molecular weight excluding hydrogens is 414 g/mol. The number of amides is 1. The molecule has 0 bridgehead atoms. The van der Waals surface area contributed by atoms with Crippen molar-refractivity contribution in [2.45, 2.75) is 29.7 Å². The molecule has 1 atom stereocenters. The molecule has 1 aliphatic heterocycles. The topological polar surface area (TPSA) is 77.7 Å². The van der Waals surface area contributed by atoms with E-state index in [1.165, 1.54) is 18.2 Å². The van der Waals surface area contributed by atoms with E-state index >= 15 is 0 Å². The van der Waals surface area contributed by atoms with Gasteiger partial charge in [0.15, 0.2) is 0 Å². The second-order valence-corrected chi connectivity index (χ2v) is 8.33. The third kappa shape index (κ3) is 5.02. The van der Waals surface area contributed by atoms with E-state index in [2.05, 4.69) is 10.2 Å². The predicted molar refractivity (Wildman–Crippen MR) is 118 cm³/mol. The van der Waals surface area contributed by atoms with Gasteiger partial charge < -0.3 is 18.8 Å². The summed E-state index contributed by atoms with van der Waals surface area (Å²) >= 11 is 1.28. The van der Waals surface area contributed by atoms with Gasteiger partial charge in [0.25, 0.3) is 5.22 Å². The van der Waals surface area contributed by atoms with Crippen molar-refractivity contribution in [2.24, 2.45) is 0 Å². The first-order valence-electron chi connectivity index (χ1n) is 10.3. The number of likely N-dealkylation sites (tertiary alicyclic amines) is 1. The van der Waals surface area contributed by atoms with Crippen LogP contribution in [-0.4, -0.2) is 48.3 Å². The Morgan fingerprint density at radius 2 is 1.68 bits per heavy atom. The number of piperidine rings is 1. The highest BCUT2D eigenvalue weighted by Crippen LogP contribution is 2.38. The first kappa shape index (κ1) is 21.2. The summed E-state index contributed by atoms with van der Waals surface area (Å²) in [6.07, 6.45) is 3.25. The number of hydrogen-bond donors (Lipinski definition) is 0. The average molecular weight is 440 g/mol. The van der Waals surface area contributed by atoms with Gasteiger partial charge in [-0.1, -0.05) is 30.3 Å². The number of rotatable bonds is 7. The van der Waals surface area contributed by atoms with Crippen molar-refractivity contribution in [3.8, 4) is 23.0 Å². The highest BCUT2D eigenvalue weighted by Gasteiger charge is 2.30. The van der Waals surface area contributed by atoms with Crippen LogP contribution in [0.2, 0.25) is 0 Å². The predicted octanol–water partition coefficient (Wildman–Crippen LogP) is 4.60. The number of aromatic nitrogens is 2. The zero-order valence-electron chi connectivity index (χ0n) is 17.6. The van der Waals surface area contributed by atoms with Crippen molar-refractivity contribution in [3.05, 3.63) is 54.1 Å². The SMILES string of the molecule is COc1cc(OC)cc(-c2nnc(SC(C(=O)N3CCCCC3)c3ccccc3)o2)c1. The normalized spacial score (nSPS) is 14.8. The number of nitrogens with zero attached hydrogens (tertiary/aromatic N) is 3. The van der Waals surface area contributed by atoms with Gasteiger partial charge in [0, 0.05) is 24.7 Å². The van der Waals surface area contributed by atoms with Crippen molar-refractivity contribution in [1.82, 2.24) is 15.1 Å². The highest BCUT2D eigenvalue weighted by atomic mass is 32.2. The minimum absolute atomic E-state index is 0.0821. The Morgan fingerprint density at radius 1 is 1.00 bits per heavy atom. The van der Waals surface area contributed by atoms with Crippen molar-refractivity contribution in [1.29, 1.82) is 0 Å². The molecule has 0 aliphatic carbocycles. The fraction of sp³-hybridized carbons (Fsp3) is 0.348. The Labute approximate surface area is 185 Å². The Kier molecular flexibility index (Phi) is 6.76. The molecule has 4 rings (SSSR count).